The Morgan fingerprint density at radius 2 is 2.31 bits per heavy atom. The van der Waals surface area contributed by atoms with Crippen molar-refractivity contribution in [2.45, 2.75) is 6.92 Å². The molecule has 0 saturated heterocycles. The number of hydrogen-bond donors (Lipinski definition) is 1. The summed E-state index contributed by atoms with van der Waals surface area (Å²) in [6, 6.07) is 0. The number of carboxylic acid groups (broad SMARTS) is 1. The smallest absolute Gasteiger partial charge is 0.359 e. The minimum atomic E-state index is -1.14. The van der Waals surface area contributed by atoms with Gasteiger partial charge in [0.25, 0.3) is 0 Å². The van der Waals surface area contributed by atoms with E-state index >= 15 is 0 Å². The second-order valence-electron chi connectivity index (χ2n) is 3.25. The first-order valence-electron chi connectivity index (χ1n) is 4.39. The van der Waals surface area contributed by atoms with Crippen molar-refractivity contribution >= 4 is 21.9 Å². The number of carboxylic acids is 1. The minimum absolute atomic E-state index is 0.141. The molecule has 2 aromatic heterocycles. The van der Waals surface area contributed by atoms with Gasteiger partial charge in [0.1, 0.15) is 4.47 Å². The lowest BCUT2D eigenvalue weighted by molar-refractivity contribution is 0.0685. The van der Waals surface area contributed by atoms with E-state index in [0.29, 0.717) is 10.2 Å². The van der Waals surface area contributed by atoms with Crippen molar-refractivity contribution in [2.75, 3.05) is 0 Å². The molecule has 6 nitrogen and oxygen atoms in total. The number of nitrogens with zero attached hydrogens (tertiary/aromatic N) is 3. The molecule has 84 valence electrons. The molecule has 2 heterocycles. The third-order valence-corrected chi connectivity index (χ3v) is 3.05. The molecule has 2 rings (SSSR count). The highest BCUT2D eigenvalue weighted by Gasteiger charge is 2.22. The maximum absolute atomic E-state index is 10.8. The molecule has 0 aliphatic rings. The Bertz CT molecular complexity index is 558. The first-order chi connectivity index (χ1) is 7.52. The van der Waals surface area contributed by atoms with Crippen molar-refractivity contribution < 1.29 is 14.4 Å². The van der Waals surface area contributed by atoms with E-state index in [1.807, 2.05) is 6.92 Å². The highest BCUT2D eigenvalue weighted by atomic mass is 79.9. The minimum Gasteiger partial charge on any atom is -0.476 e. The predicted octanol–water partition coefficient (Wildman–Crippen LogP) is 1.84. The van der Waals surface area contributed by atoms with Crippen LogP contribution in [0.4, 0.5) is 0 Å². The van der Waals surface area contributed by atoms with Crippen molar-refractivity contribution in [1.82, 2.24) is 14.9 Å². The van der Waals surface area contributed by atoms with E-state index in [-0.39, 0.29) is 5.69 Å². The lowest BCUT2D eigenvalue weighted by Gasteiger charge is -1.96. The van der Waals surface area contributed by atoms with E-state index < -0.39 is 5.97 Å². The van der Waals surface area contributed by atoms with E-state index in [0.717, 1.165) is 11.3 Å². The second kappa shape index (κ2) is 3.75. The average Bonchev–Trinajstić information content (AvgIpc) is 2.73. The number of halogens is 1. The number of hydrogen-bond acceptors (Lipinski definition) is 4. The van der Waals surface area contributed by atoms with Crippen LogP contribution in [-0.2, 0) is 7.05 Å². The van der Waals surface area contributed by atoms with Crippen LogP contribution in [0, 0.1) is 6.92 Å². The van der Waals surface area contributed by atoms with Gasteiger partial charge >= 0.3 is 5.97 Å². The summed E-state index contributed by atoms with van der Waals surface area (Å²) in [5.74, 6) is -0.758. The highest BCUT2D eigenvalue weighted by Crippen LogP contribution is 2.32. The van der Waals surface area contributed by atoms with Crippen LogP contribution in [-0.4, -0.2) is 26.0 Å². The number of rotatable bonds is 2. The summed E-state index contributed by atoms with van der Waals surface area (Å²) >= 11 is 3.16. The Kier molecular flexibility index (Phi) is 2.55. The van der Waals surface area contributed by atoms with Crippen LogP contribution in [0.25, 0.3) is 11.3 Å². The molecule has 0 aliphatic carbocycles. The standard InChI is InChI=1S/C9H8BrN3O3/c1-4-5(3-11-13(4)2)8-6(10)7(9(14)15)12-16-8/h3H,1-2H3,(H,14,15). The maximum Gasteiger partial charge on any atom is 0.359 e. The molecular weight excluding hydrogens is 278 g/mol. The van der Waals surface area contributed by atoms with Gasteiger partial charge in [-0.25, -0.2) is 4.79 Å². The second-order valence-corrected chi connectivity index (χ2v) is 4.04. The van der Waals surface area contributed by atoms with Crippen LogP contribution >= 0.6 is 15.9 Å². The molecule has 0 aromatic carbocycles. The molecule has 0 bridgehead atoms. The van der Waals surface area contributed by atoms with Crippen LogP contribution in [0.3, 0.4) is 0 Å². The Morgan fingerprint density at radius 3 is 2.75 bits per heavy atom. The number of aromatic nitrogens is 3. The van der Waals surface area contributed by atoms with Gasteiger partial charge in [-0.05, 0) is 22.9 Å². The monoisotopic (exact) mass is 285 g/mol. The molecule has 16 heavy (non-hydrogen) atoms. The van der Waals surface area contributed by atoms with E-state index in [1.54, 1.807) is 17.9 Å². The fraction of sp³-hybridized carbons (Fsp3) is 0.222. The van der Waals surface area contributed by atoms with Crippen LogP contribution in [0.2, 0.25) is 0 Å². The Labute approximate surface area is 99.0 Å². The van der Waals surface area contributed by atoms with Crippen molar-refractivity contribution in [3.63, 3.8) is 0 Å². The molecule has 2 aromatic rings. The van der Waals surface area contributed by atoms with Gasteiger partial charge in [-0.1, -0.05) is 5.16 Å². The van der Waals surface area contributed by atoms with Crippen molar-refractivity contribution in [2.24, 2.45) is 7.05 Å². The van der Waals surface area contributed by atoms with Gasteiger partial charge in [-0.15, -0.1) is 0 Å². The summed E-state index contributed by atoms with van der Waals surface area (Å²) in [6.07, 6.45) is 1.60. The SMILES string of the molecule is Cc1c(-c2onc(C(=O)O)c2Br)cnn1C. The quantitative estimate of drug-likeness (QED) is 0.911. The molecule has 0 fully saturated rings. The molecule has 7 heteroatoms. The van der Waals surface area contributed by atoms with Gasteiger partial charge in [0.15, 0.2) is 5.76 Å². The zero-order valence-corrected chi connectivity index (χ0v) is 10.1. The molecule has 1 N–H and O–H groups in total. The Hall–Kier alpha value is -1.63. The third-order valence-electron chi connectivity index (χ3n) is 2.32. The summed E-state index contributed by atoms with van der Waals surface area (Å²) in [5, 5.41) is 16.4. The van der Waals surface area contributed by atoms with Gasteiger partial charge in [0.2, 0.25) is 5.69 Å². The molecule has 0 spiro atoms. The first kappa shape index (κ1) is 10.9. The van der Waals surface area contributed by atoms with E-state index in [4.69, 9.17) is 9.63 Å². The van der Waals surface area contributed by atoms with Crippen LogP contribution in [0.15, 0.2) is 15.2 Å². The zero-order valence-electron chi connectivity index (χ0n) is 8.56. The van der Waals surface area contributed by atoms with Crippen molar-refractivity contribution in [1.29, 1.82) is 0 Å². The summed E-state index contributed by atoms with van der Waals surface area (Å²) in [7, 11) is 1.79. The Morgan fingerprint density at radius 1 is 1.62 bits per heavy atom. The molecule has 0 amide bonds. The van der Waals surface area contributed by atoms with Gasteiger partial charge in [0, 0.05) is 12.7 Å². The van der Waals surface area contributed by atoms with E-state index in [9.17, 15) is 4.79 Å². The van der Waals surface area contributed by atoms with Crippen LogP contribution < -0.4 is 0 Å². The summed E-state index contributed by atoms with van der Waals surface area (Å²) < 4.78 is 7.01. The van der Waals surface area contributed by atoms with Crippen LogP contribution in [0.1, 0.15) is 16.2 Å². The first-order valence-corrected chi connectivity index (χ1v) is 5.19. The predicted molar refractivity (Wildman–Crippen MR) is 58.1 cm³/mol. The normalized spacial score (nSPS) is 10.7. The lowest BCUT2D eigenvalue weighted by Crippen LogP contribution is -1.96. The average molecular weight is 286 g/mol. The Balaban J connectivity index is 2.57. The summed E-state index contributed by atoms with van der Waals surface area (Å²) in [6.45, 7) is 1.86. The third kappa shape index (κ3) is 1.53. The molecular formula is C9H8BrN3O3. The number of carbonyl (C=O) groups is 1. The fourth-order valence-electron chi connectivity index (χ4n) is 1.30. The van der Waals surface area contributed by atoms with Crippen molar-refractivity contribution in [3.05, 3.63) is 22.1 Å². The fourth-order valence-corrected chi connectivity index (χ4v) is 1.83. The summed E-state index contributed by atoms with van der Waals surface area (Å²) in [4.78, 5) is 10.8. The maximum atomic E-state index is 10.8. The largest absolute Gasteiger partial charge is 0.476 e. The summed E-state index contributed by atoms with van der Waals surface area (Å²) in [5.41, 5.74) is 1.45. The van der Waals surface area contributed by atoms with Crippen LogP contribution in [0.5, 0.6) is 0 Å². The topological polar surface area (TPSA) is 81.2 Å². The van der Waals surface area contributed by atoms with E-state index in [1.165, 1.54) is 0 Å². The molecule has 0 unspecified atom stereocenters. The zero-order chi connectivity index (χ0) is 11.9. The molecule has 0 aliphatic heterocycles. The number of aromatic carboxylic acids is 1. The van der Waals surface area contributed by atoms with Gasteiger partial charge in [-0.2, -0.15) is 5.10 Å². The number of aryl methyl sites for hydroxylation is 1. The molecule has 0 atom stereocenters. The van der Waals surface area contributed by atoms with Gasteiger partial charge < -0.3 is 9.63 Å². The van der Waals surface area contributed by atoms with Gasteiger partial charge in [-0.3, -0.25) is 4.68 Å². The molecule has 0 radical (unpaired) electrons. The van der Waals surface area contributed by atoms with E-state index in [2.05, 4.69) is 26.2 Å². The lowest BCUT2D eigenvalue weighted by atomic mass is 10.2. The van der Waals surface area contributed by atoms with Crippen molar-refractivity contribution in [3.8, 4) is 11.3 Å². The highest BCUT2D eigenvalue weighted by molar-refractivity contribution is 9.10. The molecule has 0 saturated carbocycles. The van der Waals surface area contributed by atoms with Gasteiger partial charge in [0.05, 0.1) is 11.8 Å².